The average molecular weight is 344 g/mol. The second-order valence-electron chi connectivity index (χ2n) is 5.56. The number of hydrogen-bond acceptors (Lipinski definition) is 5. The van der Waals surface area contributed by atoms with E-state index >= 15 is 0 Å². The fraction of sp³-hybridized carbons (Fsp3) is 0.278. The molecule has 1 aromatic heterocycles. The van der Waals surface area contributed by atoms with Crippen LogP contribution in [0.5, 0.6) is 0 Å². The van der Waals surface area contributed by atoms with Crippen LogP contribution in [0.1, 0.15) is 23.3 Å². The highest BCUT2D eigenvalue weighted by Crippen LogP contribution is 2.15. The standard InChI is InChI=1S/C18H20N2O5/c1-12-5-7-15(13(2)10-12)19-18(23)20-16(21)11-25-17(22)8-6-14-4-3-9-24-14/h3-5,7,9-10H,6,8,11H2,1-2H3,(H2,19,20,21,23). The Balaban J connectivity index is 1.70. The van der Waals surface area contributed by atoms with E-state index in [1.807, 2.05) is 26.0 Å². The van der Waals surface area contributed by atoms with Gasteiger partial charge in [0, 0.05) is 12.1 Å². The number of nitrogens with one attached hydrogen (secondary N) is 2. The molecule has 2 N–H and O–H groups in total. The SMILES string of the molecule is Cc1ccc(NC(=O)NC(=O)COC(=O)CCc2ccco2)c(C)c1. The van der Waals surface area contributed by atoms with Gasteiger partial charge < -0.3 is 14.5 Å². The molecular formula is C18H20N2O5. The van der Waals surface area contributed by atoms with Gasteiger partial charge in [0.25, 0.3) is 5.91 Å². The molecule has 0 aliphatic carbocycles. The highest BCUT2D eigenvalue weighted by atomic mass is 16.5. The zero-order chi connectivity index (χ0) is 18.2. The molecule has 3 amide bonds. The van der Waals surface area contributed by atoms with Crippen LogP contribution < -0.4 is 10.6 Å². The number of carbonyl (C=O) groups is 3. The van der Waals surface area contributed by atoms with Crippen molar-refractivity contribution in [2.45, 2.75) is 26.7 Å². The second kappa shape index (κ2) is 8.68. The first kappa shape index (κ1) is 18.3. The predicted molar refractivity (Wildman–Crippen MR) is 91.1 cm³/mol. The Morgan fingerprint density at radius 3 is 2.64 bits per heavy atom. The number of hydrogen-bond donors (Lipinski definition) is 2. The summed E-state index contributed by atoms with van der Waals surface area (Å²) in [6.07, 6.45) is 2.00. The van der Waals surface area contributed by atoms with Gasteiger partial charge in [-0.25, -0.2) is 4.79 Å². The van der Waals surface area contributed by atoms with E-state index in [-0.39, 0.29) is 6.42 Å². The summed E-state index contributed by atoms with van der Waals surface area (Å²) in [7, 11) is 0. The summed E-state index contributed by atoms with van der Waals surface area (Å²) in [5.41, 5.74) is 2.55. The number of esters is 1. The van der Waals surface area contributed by atoms with E-state index in [9.17, 15) is 14.4 Å². The molecule has 0 aliphatic rings. The van der Waals surface area contributed by atoms with Crippen LogP contribution >= 0.6 is 0 Å². The summed E-state index contributed by atoms with van der Waals surface area (Å²) in [5, 5.41) is 4.69. The van der Waals surface area contributed by atoms with Gasteiger partial charge in [0.1, 0.15) is 5.76 Å². The largest absolute Gasteiger partial charge is 0.469 e. The third-order valence-electron chi connectivity index (χ3n) is 3.40. The molecule has 132 valence electrons. The molecule has 0 saturated carbocycles. The number of amides is 3. The number of carbonyl (C=O) groups excluding carboxylic acids is 3. The molecule has 2 rings (SSSR count). The Bertz CT molecular complexity index is 753. The topological polar surface area (TPSA) is 97.6 Å². The quantitative estimate of drug-likeness (QED) is 0.785. The number of imide groups is 1. The molecule has 0 radical (unpaired) electrons. The van der Waals surface area contributed by atoms with Crippen molar-refractivity contribution < 1.29 is 23.5 Å². The number of ether oxygens (including phenoxy) is 1. The molecule has 1 aromatic carbocycles. The molecule has 0 atom stereocenters. The van der Waals surface area contributed by atoms with Gasteiger partial charge in [-0.1, -0.05) is 17.7 Å². The molecule has 0 spiro atoms. The fourth-order valence-corrected chi connectivity index (χ4v) is 2.17. The first-order valence-electron chi connectivity index (χ1n) is 7.80. The maximum Gasteiger partial charge on any atom is 0.325 e. The van der Waals surface area contributed by atoms with Crippen LogP contribution in [-0.2, 0) is 20.7 Å². The summed E-state index contributed by atoms with van der Waals surface area (Å²) in [6.45, 7) is 3.28. The van der Waals surface area contributed by atoms with E-state index < -0.39 is 24.5 Å². The molecule has 7 heteroatoms. The number of urea groups is 1. The second-order valence-corrected chi connectivity index (χ2v) is 5.56. The minimum Gasteiger partial charge on any atom is -0.469 e. The van der Waals surface area contributed by atoms with Crippen LogP contribution in [0.25, 0.3) is 0 Å². The van der Waals surface area contributed by atoms with E-state index in [0.717, 1.165) is 11.1 Å². The van der Waals surface area contributed by atoms with E-state index in [0.29, 0.717) is 17.9 Å². The molecule has 25 heavy (non-hydrogen) atoms. The lowest BCUT2D eigenvalue weighted by molar-refractivity contribution is -0.148. The summed E-state index contributed by atoms with van der Waals surface area (Å²) in [5.74, 6) is -0.579. The van der Waals surface area contributed by atoms with Gasteiger partial charge in [0.05, 0.1) is 12.7 Å². The third kappa shape index (κ3) is 6.14. The average Bonchev–Trinajstić information content (AvgIpc) is 3.07. The lowest BCUT2D eigenvalue weighted by Gasteiger charge is -2.10. The summed E-state index contributed by atoms with van der Waals surface area (Å²) >= 11 is 0. The summed E-state index contributed by atoms with van der Waals surface area (Å²) in [4.78, 5) is 35.0. The van der Waals surface area contributed by atoms with Crippen LogP contribution in [-0.4, -0.2) is 24.5 Å². The smallest absolute Gasteiger partial charge is 0.325 e. The number of furan rings is 1. The number of aryl methyl sites for hydroxylation is 3. The monoisotopic (exact) mass is 344 g/mol. The normalized spacial score (nSPS) is 10.2. The number of benzene rings is 1. The Kier molecular flexibility index (Phi) is 6.33. The van der Waals surface area contributed by atoms with Gasteiger partial charge in [-0.15, -0.1) is 0 Å². The molecule has 0 aliphatic heterocycles. The van der Waals surface area contributed by atoms with Crippen molar-refractivity contribution in [3.63, 3.8) is 0 Å². The summed E-state index contributed by atoms with van der Waals surface area (Å²) < 4.78 is 9.92. The van der Waals surface area contributed by atoms with Crippen molar-refractivity contribution >= 4 is 23.6 Å². The first-order chi connectivity index (χ1) is 11.9. The lowest BCUT2D eigenvalue weighted by atomic mass is 10.1. The molecule has 2 aromatic rings. The van der Waals surface area contributed by atoms with Gasteiger partial charge in [0.2, 0.25) is 0 Å². The van der Waals surface area contributed by atoms with E-state index in [2.05, 4.69) is 10.6 Å². The lowest BCUT2D eigenvalue weighted by Crippen LogP contribution is -2.37. The molecule has 1 heterocycles. The predicted octanol–water partition coefficient (Wildman–Crippen LogP) is 2.72. The molecule has 0 bridgehead atoms. The van der Waals surface area contributed by atoms with Crippen LogP contribution in [0.3, 0.4) is 0 Å². The van der Waals surface area contributed by atoms with Crippen molar-refractivity contribution in [3.05, 3.63) is 53.5 Å². The van der Waals surface area contributed by atoms with Crippen molar-refractivity contribution in [1.29, 1.82) is 0 Å². The van der Waals surface area contributed by atoms with Gasteiger partial charge in [-0.2, -0.15) is 0 Å². The number of anilines is 1. The van der Waals surface area contributed by atoms with Crippen molar-refractivity contribution in [3.8, 4) is 0 Å². The van der Waals surface area contributed by atoms with Crippen molar-refractivity contribution in [2.75, 3.05) is 11.9 Å². The minimum atomic E-state index is -0.700. The molecule has 0 saturated heterocycles. The third-order valence-corrected chi connectivity index (χ3v) is 3.40. The van der Waals surface area contributed by atoms with Crippen LogP contribution in [0.2, 0.25) is 0 Å². The van der Waals surface area contributed by atoms with Gasteiger partial charge >= 0.3 is 12.0 Å². The van der Waals surface area contributed by atoms with Gasteiger partial charge in [-0.3, -0.25) is 14.9 Å². The summed E-state index contributed by atoms with van der Waals surface area (Å²) in [6, 6.07) is 8.32. The zero-order valence-electron chi connectivity index (χ0n) is 14.1. The van der Waals surface area contributed by atoms with E-state index in [1.165, 1.54) is 6.26 Å². The molecular weight excluding hydrogens is 324 g/mol. The molecule has 0 unspecified atom stereocenters. The van der Waals surface area contributed by atoms with Crippen LogP contribution in [0, 0.1) is 13.8 Å². The van der Waals surface area contributed by atoms with E-state index in [1.54, 1.807) is 18.2 Å². The van der Waals surface area contributed by atoms with Crippen molar-refractivity contribution in [2.24, 2.45) is 0 Å². The maximum absolute atomic E-state index is 11.8. The minimum absolute atomic E-state index is 0.0928. The maximum atomic E-state index is 11.8. The van der Waals surface area contributed by atoms with Gasteiger partial charge in [-0.05, 0) is 37.6 Å². The van der Waals surface area contributed by atoms with E-state index in [4.69, 9.17) is 9.15 Å². The fourth-order valence-electron chi connectivity index (χ4n) is 2.17. The van der Waals surface area contributed by atoms with Crippen LogP contribution in [0.4, 0.5) is 10.5 Å². The molecule has 0 fully saturated rings. The Morgan fingerprint density at radius 2 is 1.96 bits per heavy atom. The molecule has 7 nitrogen and oxygen atoms in total. The van der Waals surface area contributed by atoms with Crippen LogP contribution in [0.15, 0.2) is 41.0 Å². The first-order valence-corrected chi connectivity index (χ1v) is 7.80. The van der Waals surface area contributed by atoms with Crippen molar-refractivity contribution in [1.82, 2.24) is 5.32 Å². The highest BCUT2D eigenvalue weighted by Gasteiger charge is 2.12. The van der Waals surface area contributed by atoms with Gasteiger partial charge in [0.15, 0.2) is 6.61 Å². The Labute approximate surface area is 145 Å². The number of rotatable bonds is 6. The Morgan fingerprint density at radius 1 is 1.16 bits per heavy atom. The Hall–Kier alpha value is -3.09. The highest BCUT2D eigenvalue weighted by molar-refractivity contribution is 6.02. The zero-order valence-corrected chi connectivity index (χ0v) is 14.1.